The van der Waals surface area contributed by atoms with Crippen LogP contribution in [0.25, 0.3) is 0 Å². The van der Waals surface area contributed by atoms with Crippen LogP contribution in [0.3, 0.4) is 0 Å². The van der Waals surface area contributed by atoms with Crippen LogP contribution in [0.4, 0.5) is 23.0 Å². The number of rotatable bonds is 9. The van der Waals surface area contributed by atoms with Gasteiger partial charge in [0.15, 0.2) is 11.6 Å². The lowest BCUT2D eigenvalue weighted by Gasteiger charge is -2.25. The topological polar surface area (TPSA) is 161 Å². The number of esters is 1. The second kappa shape index (κ2) is 13.0. The van der Waals surface area contributed by atoms with Gasteiger partial charge in [0.05, 0.1) is 26.3 Å². The molecule has 0 unspecified atom stereocenters. The SMILES string of the molecule is Nc1nc(NC(=O)CNC(=O)c2ccccc2)ccc1/N=N/c1ccccc1OC(=O)CN1CCOCC1. The van der Waals surface area contributed by atoms with Crippen LogP contribution in [0, 0.1) is 0 Å². The highest BCUT2D eigenvalue weighted by atomic mass is 16.5. The first kappa shape index (κ1) is 26.4. The number of nitrogen functional groups attached to an aromatic ring is 1. The number of carbonyl (C=O) groups excluding carboxylic acids is 3. The van der Waals surface area contributed by atoms with Crippen molar-refractivity contribution < 1.29 is 23.9 Å². The molecule has 196 valence electrons. The fourth-order valence-corrected chi connectivity index (χ4v) is 3.49. The molecule has 1 aromatic heterocycles. The summed E-state index contributed by atoms with van der Waals surface area (Å²) in [5, 5.41) is 13.4. The van der Waals surface area contributed by atoms with Crippen LogP contribution in [-0.4, -0.2) is 67.1 Å². The third kappa shape index (κ3) is 7.66. The first-order valence-electron chi connectivity index (χ1n) is 11.9. The van der Waals surface area contributed by atoms with Gasteiger partial charge in [0.2, 0.25) is 5.91 Å². The van der Waals surface area contributed by atoms with Gasteiger partial charge in [0.1, 0.15) is 17.2 Å². The molecule has 1 aliphatic heterocycles. The van der Waals surface area contributed by atoms with Crippen LogP contribution in [0.1, 0.15) is 10.4 Å². The molecule has 1 saturated heterocycles. The second-order valence-corrected chi connectivity index (χ2v) is 8.23. The molecular formula is C26H27N7O5. The Morgan fingerprint density at radius 3 is 2.42 bits per heavy atom. The Bertz CT molecular complexity index is 1310. The van der Waals surface area contributed by atoms with Crippen LogP contribution >= 0.6 is 0 Å². The lowest BCUT2D eigenvalue weighted by molar-refractivity contribution is -0.136. The van der Waals surface area contributed by atoms with Crippen molar-refractivity contribution in [3.63, 3.8) is 0 Å². The normalized spacial score (nSPS) is 13.7. The number of benzene rings is 2. The van der Waals surface area contributed by atoms with Crippen LogP contribution in [0.2, 0.25) is 0 Å². The van der Waals surface area contributed by atoms with Crippen LogP contribution in [-0.2, 0) is 14.3 Å². The van der Waals surface area contributed by atoms with Crippen molar-refractivity contribution in [1.82, 2.24) is 15.2 Å². The first-order chi connectivity index (χ1) is 18.5. The Kier molecular flexibility index (Phi) is 9.05. The maximum Gasteiger partial charge on any atom is 0.325 e. The Morgan fingerprint density at radius 2 is 1.66 bits per heavy atom. The van der Waals surface area contributed by atoms with Gasteiger partial charge in [-0.05, 0) is 36.4 Å². The number of hydrogen-bond acceptors (Lipinski definition) is 10. The summed E-state index contributed by atoms with van der Waals surface area (Å²) in [6, 6.07) is 18.4. The van der Waals surface area contributed by atoms with Crippen molar-refractivity contribution in [1.29, 1.82) is 0 Å². The highest BCUT2D eigenvalue weighted by Crippen LogP contribution is 2.30. The summed E-state index contributed by atoms with van der Waals surface area (Å²) in [7, 11) is 0. The number of anilines is 2. The van der Waals surface area contributed by atoms with Gasteiger partial charge in [-0.25, -0.2) is 4.98 Å². The van der Waals surface area contributed by atoms with E-state index in [1.165, 1.54) is 12.1 Å². The van der Waals surface area contributed by atoms with Gasteiger partial charge < -0.3 is 25.8 Å². The highest BCUT2D eigenvalue weighted by molar-refractivity contribution is 5.99. The zero-order valence-corrected chi connectivity index (χ0v) is 20.5. The molecule has 1 fully saturated rings. The summed E-state index contributed by atoms with van der Waals surface area (Å²) in [4.78, 5) is 42.7. The van der Waals surface area contributed by atoms with Gasteiger partial charge in [-0.1, -0.05) is 30.3 Å². The van der Waals surface area contributed by atoms with Gasteiger partial charge in [-0.2, -0.15) is 0 Å². The van der Waals surface area contributed by atoms with Crippen LogP contribution in [0.15, 0.2) is 77.0 Å². The highest BCUT2D eigenvalue weighted by Gasteiger charge is 2.17. The maximum absolute atomic E-state index is 12.4. The predicted molar refractivity (Wildman–Crippen MR) is 140 cm³/mol. The fraction of sp³-hybridized carbons (Fsp3) is 0.231. The lowest BCUT2D eigenvalue weighted by Crippen LogP contribution is -2.40. The third-order valence-corrected chi connectivity index (χ3v) is 5.43. The van der Waals surface area contributed by atoms with E-state index in [2.05, 4.69) is 25.8 Å². The number of nitrogens with two attached hydrogens (primary N) is 1. The molecule has 12 nitrogen and oxygen atoms in total. The number of morpholine rings is 1. The van der Waals surface area contributed by atoms with Gasteiger partial charge in [-0.3, -0.25) is 19.3 Å². The molecule has 38 heavy (non-hydrogen) atoms. The number of ether oxygens (including phenoxy) is 2. The van der Waals surface area contributed by atoms with Crippen molar-refractivity contribution in [3.05, 3.63) is 72.3 Å². The molecule has 3 aromatic rings. The number of azo groups is 1. The Labute approximate surface area is 218 Å². The van der Waals surface area contributed by atoms with E-state index in [0.717, 1.165) is 0 Å². The smallest absolute Gasteiger partial charge is 0.325 e. The van der Waals surface area contributed by atoms with Crippen molar-refractivity contribution in [2.75, 3.05) is 50.4 Å². The number of nitrogens with zero attached hydrogens (tertiary/aromatic N) is 4. The minimum absolute atomic E-state index is 0.0293. The summed E-state index contributed by atoms with van der Waals surface area (Å²) in [5.41, 5.74) is 7.05. The number of hydrogen-bond donors (Lipinski definition) is 3. The number of para-hydroxylation sites is 1. The molecule has 0 atom stereocenters. The summed E-state index contributed by atoms with van der Waals surface area (Å²) < 4.78 is 10.8. The van der Waals surface area contributed by atoms with Crippen molar-refractivity contribution in [2.24, 2.45) is 10.2 Å². The molecule has 0 aliphatic carbocycles. The van der Waals surface area contributed by atoms with E-state index < -0.39 is 11.9 Å². The van der Waals surface area contributed by atoms with E-state index in [4.69, 9.17) is 15.2 Å². The van der Waals surface area contributed by atoms with E-state index in [1.807, 2.05) is 4.90 Å². The molecule has 2 heterocycles. The van der Waals surface area contributed by atoms with Gasteiger partial charge in [0.25, 0.3) is 5.91 Å². The summed E-state index contributed by atoms with van der Waals surface area (Å²) >= 11 is 0. The van der Waals surface area contributed by atoms with Crippen molar-refractivity contribution >= 4 is 40.8 Å². The third-order valence-electron chi connectivity index (χ3n) is 5.43. The summed E-state index contributed by atoms with van der Waals surface area (Å²) in [5.74, 6) is -0.753. The first-order valence-corrected chi connectivity index (χ1v) is 11.9. The molecule has 0 spiro atoms. The Morgan fingerprint density at radius 1 is 0.947 bits per heavy atom. The average Bonchev–Trinajstić information content (AvgIpc) is 2.93. The minimum Gasteiger partial charge on any atom is -0.423 e. The minimum atomic E-state index is -0.469. The second-order valence-electron chi connectivity index (χ2n) is 8.23. The van der Waals surface area contributed by atoms with E-state index >= 15 is 0 Å². The predicted octanol–water partition coefficient (Wildman–Crippen LogP) is 2.69. The molecule has 12 heteroatoms. The van der Waals surface area contributed by atoms with E-state index in [-0.39, 0.29) is 42.1 Å². The number of carbonyl (C=O) groups is 3. The molecule has 2 aromatic carbocycles. The van der Waals surface area contributed by atoms with E-state index in [0.29, 0.717) is 37.6 Å². The van der Waals surface area contributed by atoms with Gasteiger partial charge in [0, 0.05) is 18.7 Å². The Balaban J connectivity index is 1.32. The van der Waals surface area contributed by atoms with Crippen LogP contribution in [0.5, 0.6) is 5.75 Å². The van der Waals surface area contributed by atoms with E-state index in [1.54, 1.807) is 54.6 Å². The lowest BCUT2D eigenvalue weighted by atomic mass is 10.2. The monoisotopic (exact) mass is 517 g/mol. The number of nitrogens with one attached hydrogen (secondary N) is 2. The molecule has 0 bridgehead atoms. The number of aromatic nitrogens is 1. The van der Waals surface area contributed by atoms with Crippen molar-refractivity contribution in [3.8, 4) is 5.75 Å². The molecule has 2 amide bonds. The quantitative estimate of drug-likeness (QED) is 0.222. The van der Waals surface area contributed by atoms with E-state index in [9.17, 15) is 14.4 Å². The average molecular weight is 518 g/mol. The number of amides is 2. The number of pyridine rings is 1. The zero-order chi connectivity index (χ0) is 26.7. The molecule has 0 saturated carbocycles. The zero-order valence-electron chi connectivity index (χ0n) is 20.5. The summed E-state index contributed by atoms with van der Waals surface area (Å²) in [6.45, 7) is 2.41. The van der Waals surface area contributed by atoms with Gasteiger partial charge in [-0.15, -0.1) is 10.2 Å². The largest absolute Gasteiger partial charge is 0.423 e. The molecule has 1 aliphatic rings. The fourth-order valence-electron chi connectivity index (χ4n) is 3.49. The standard InChI is InChI=1S/C26H27N7O5/c27-25-20(10-11-22(30-25)29-23(34)16-28-26(36)18-6-2-1-3-7-18)32-31-19-8-4-5-9-21(19)38-24(35)17-33-12-14-37-15-13-33/h1-11H,12-17H2,(H,28,36)(H3,27,29,30,34)/b32-31+. The van der Waals surface area contributed by atoms with Crippen LogP contribution < -0.4 is 21.1 Å². The molecule has 4 N–H and O–H groups in total. The maximum atomic E-state index is 12.4. The molecule has 0 radical (unpaired) electrons. The molecular weight excluding hydrogens is 490 g/mol. The van der Waals surface area contributed by atoms with Gasteiger partial charge >= 0.3 is 5.97 Å². The molecule has 4 rings (SSSR count). The van der Waals surface area contributed by atoms with Crippen molar-refractivity contribution in [2.45, 2.75) is 0 Å². The summed E-state index contributed by atoms with van der Waals surface area (Å²) in [6.07, 6.45) is 0. The Hall–Kier alpha value is -4.68.